The molecule has 0 aliphatic carbocycles. The van der Waals surface area contributed by atoms with E-state index in [-0.39, 0.29) is 24.5 Å². The van der Waals surface area contributed by atoms with E-state index in [0.717, 1.165) is 11.1 Å². The zero-order valence-corrected chi connectivity index (χ0v) is 23.0. The molecule has 10 heteroatoms. The number of anilines is 1. The summed E-state index contributed by atoms with van der Waals surface area (Å²) in [6.07, 6.45) is 1.76. The molecule has 1 aliphatic rings. The molecular formula is C27H22Cl2N2O4S2. The summed E-state index contributed by atoms with van der Waals surface area (Å²) in [6.45, 7) is 1.70. The number of nitrogens with zero attached hydrogens (tertiary/aromatic N) is 1. The van der Waals surface area contributed by atoms with Crippen LogP contribution in [0.4, 0.5) is 5.69 Å². The molecule has 0 radical (unpaired) electrons. The molecular weight excluding hydrogens is 551 g/mol. The standard InChI is InChI=1S/C27H22Cl2N2O4S2/c1-16(18-6-4-3-5-7-18)31-26(33)24(37-27(31)36)11-17-8-9-22(23(10-17)34-2)35-15-25(32)30-21-13-19(28)12-20(29)14-21/h3-14,16H,15H2,1-2H3,(H,30,32)/b24-11-/t16-/m0/s1. The molecule has 0 unspecified atom stereocenters. The average molecular weight is 574 g/mol. The minimum Gasteiger partial charge on any atom is -0.493 e. The van der Waals surface area contributed by atoms with Gasteiger partial charge in [-0.25, -0.2) is 0 Å². The van der Waals surface area contributed by atoms with E-state index >= 15 is 0 Å². The lowest BCUT2D eigenvalue weighted by atomic mass is 10.1. The maximum atomic E-state index is 13.2. The van der Waals surface area contributed by atoms with Gasteiger partial charge in [-0.05, 0) is 54.5 Å². The molecule has 0 bridgehead atoms. The summed E-state index contributed by atoms with van der Waals surface area (Å²) in [5.41, 5.74) is 2.20. The van der Waals surface area contributed by atoms with E-state index in [4.69, 9.17) is 44.9 Å². The summed E-state index contributed by atoms with van der Waals surface area (Å²) in [5, 5.41) is 3.50. The van der Waals surface area contributed by atoms with E-state index < -0.39 is 0 Å². The van der Waals surface area contributed by atoms with Gasteiger partial charge in [-0.15, -0.1) is 0 Å². The number of halogens is 2. The molecule has 4 rings (SSSR count). The highest BCUT2D eigenvalue weighted by Crippen LogP contribution is 2.39. The van der Waals surface area contributed by atoms with Crippen molar-refractivity contribution < 1.29 is 19.1 Å². The highest BCUT2D eigenvalue weighted by atomic mass is 35.5. The second-order valence-corrected chi connectivity index (χ2v) is 10.6. The number of rotatable bonds is 8. The Kier molecular flexibility index (Phi) is 8.76. The van der Waals surface area contributed by atoms with Gasteiger partial charge >= 0.3 is 0 Å². The molecule has 1 N–H and O–H groups in total. The number of nitrogens with one attached hydrogen (secondary N) is 1. The molecule has 0 saturated carbocycles. The van der Waals surface area contributed by atoms with Crippen LogP contribution in [0, 0.1) is 0 Å². The first-order valence-electron chi connectivity index (χ1n) is 11.1. The lowest BCUT2D eigenvalue weighted by molar-refractivity contribution is -0.123. The number of methoxy groups -OCH3 is 1. The first-order chi connectivity index (χ1) is 17.7. The fourth-order valence-electron chi connectivity index (χ4n) is 3.71. The smallest absolute Gasteiger partial charge is 0.266 e. The Hall–Kier alpha value is -3.04. The molecule has 190 valence electrons. The van der Waals surface area contributed by atoms with Crippen LogP contribution in [0.15, 0.2) is 71.6 Å². The van der Waals surface area contributed by atoms with Gasteiger partial charge in [0.2, 0.25) is 0 Å². The lowest BCUT2D eigenvalue weighted by Gasteiger charge is -2.23. The molecule has 0 aromatic heterocycles. The Morgan fingerprint density at radius 2 is 1.78 bits per heavy atom. The van der Waals surface area contributed by atoms with E-state index in [1.807, 2.05) is 37.3 Å². The maximum Gasteiger partial charge on any atom is 0.266 e. The molecule has 6 nitrogen and oxygen atoms in total. The van der Waals surface area contributed by atoms with Gasteiger partial charge in [0.25, 0.3) is 11.8 Å². The van der Waals surface area contributed by atoms with E-state index in [1.165, 1.54) is 18.9 Å². The molecule has 1 fully saturated rings. The van der Waals surface area contributed by atoms with Crippen molar-refractivity contribution in [3.8, 4) is 11.5 Å². The van der Waals surface area contributed by atoms with Gasteiger partial charge in [-0.2, -0.15) is 0 Å². The second-order valence-electron chi connectivity index (χ2n) is 8.04. The van der Waals surface area contributed by atoms with Crippen LogP contribution in [0.5, 0.6) is 11.5 Å². The molecule has 0 spiro atoms. The van der Waals surface area contributed by atoms with Crippen LogP contribution in [0.3, 0.4) is 0 Å². The van der Waals surface area contributed by atoms with E-state index in [2.05, 4.69) is 5.32 Å². The Labute approximate surface area is 234 Å². The van der Waals surface area contributed by atoms with Crippen molar-refractivity contribution in [2.24, 2.45) is 0 Å². The molecule has 1 aliphatic heterocycles. The van der Waals surface area contributed by atoms with Crippen molar-refractivity contribution in [3.05, 3.63) is 92.8 Å². The molecule has 1 atom stereocenters. The second kappa shape index (κ2) is 12.0. The van der Waals surface area contributed by atoms with Crippen LogP contribution in [0.25, 0.3) is 6.08 Å². The zero-order chi connectivity index (χ0) is 26.5. The molecule has 2 amide bonds. The Balaban J connectivity index is 1.44. The molecule has 1 saturated heterocycles. The first-order valence-corrected chi connectivity index (χ1v) is 13.1. The normalized spacial score (nSPS) is 15.1. The fraction of sp³-hybridized carbons (Fsp3) is 0.148. The summed E-state index contributed by atoms with van der Waals surface area (Å²) < 4.78 is 11.6. The molecule has 3 aromatic rings. The fourth-order valence-corrected chi connectivity index (χ4v) is 5.65. The van der Waals surface area contributed by atoms with Crippen LogP contribution >= 0.6 is 47.2 Å². The SMILES string of the molecule is COc1cc(/C=C2\SC(=S)N([C@@H](C)c3ccccc3)C2=O)ccc1OCC(=O)Nc1cc(Cl)cc(Cl)c1. The molecule has 1 heterocycles. The number of ether oxygens (including phenoxy) is 2. The van der Waals surface area contributed by atoms with Crippen molar-refractivity contribution in [2.75, 3.05) is 19.0 Å². The van der Waals surface area contributed by atoms with Gasteiger partial charge in [0, 0.05) is 15.7 Å². The number of thioether (sulfide) groups is 1. The largest absolute Gasteiger partial charge is 0.493 e. The minimum absolute atomic E-state index is 0.150. The van der Waals surface area contributed by atoms with Gasteiger partial charge in [-0.1, -0.05) is 83.6 Å². The Bertz CT molecular complexity index is 1360. The summed E-state index contributed by atoms with van der Waals surface area (Å²) in [6, 6.07) is 19.5. The predicted molar refractivity (Wildman–Crippen MR) is 153 cm³/mol. The number of hydrogen-bond acceptors (Lipinski definition) is 6. The van der Waals surface area contributed by atoms with Gasteiger partial charge in [-0.3, -0.25) is 14.5 Å². The quantitative estimate of drug-likeness (QED) is 0.232. The first kappa shape index (κ1) is 27.0. The number of benzene rings is 3. The third-order valence-electron chi connectivity index (χ3n) is 5.48. The Morgan fingerprint density at radius 1 is 1.08 bits per heavy atom. The lowest BCUT2D eigenvalue weighted by Crippen LogP contribution is -2.30. The van der Waals surface area contributed by atoms with E-state index in [9.17, 15) is 9.59 Å². The van der Waals surface area contributed by atoms with Crippen LogP contribution in [0.2, 0.25) is 10.0 Å². The number of hydrogen-bond donors (Lipinski definition) is 1. The van der Waals surface area contributed by atoms with Crippen LogP contribution in [0.1, 0.15) is 24.1 Å². The monoisotopic (exact) mass is 572 g/mol. The summed E-state index contributed by atoms with van der Waals surface area (Å²) in [4.78, 5) is 27.6. The van der Waals surface area contributed by atoms with Gasteiger partial charge in [0.05, 0.1) is 18.1 Å². The van der Waals surface area contributed by atoms with Crippen molar-refractivity contribution >= 4 is 75.1 Å². The summed E-state index contributed by atoms with van der Waals surface area (Å²) >= 11 is 18.7. The van der Waals surface area contributed by atoms with Gasteiger partial charge in [0.1, 0.15) is 4.32 Å². The van der Waals surface area contributed by atoms with Crippen molar-refractivity contribution in [3.63, 3.8) is 0 Å². The minimum atomic E-state index is -0.388. The van der Waals surface area contributed by atoms with E-state index in [0.29, 0.717) is 36.5 Å². The van der Waals surface area contributed by atoms with Crippen LogP contribution < -0.4 is 14.8 Å². The summed E-state index contributed by atoms with van der Waals surface area (Å²) in [7, 11) is 1.50. The topological polar surface area (TPSA) is 67.9 Å². The van der Waals surface area contributed by atoms with Crippen molar-refractivity contribution in [1.82, 2.24) is 4.90 Å². The average Bonchev–Trinajstić information content (AvgIpc) is 3.14. The van der Waals surface area contributed by atoms with Crippen molar-refractivity contribution in [1.29, 1.82) is 0 Å². The highest BCUT2D eigenvalue weighted by Gasteiger charge is 2.35. The maximum absolute atomic E-state index is 13.2. The third-order valence-corrected chi connectivity index (χ3v) is 7.25. The molecule has 37 heavy (non-hydrogen) atoms. The van der Waals surface area contributed by atoms with Crippen molar-refractivity contribution in [2.45, 2.75) is 13.0 Å². The number of amides is 2. The van der Waals surface area contributed by atoms with Gasteiger partial charge < -0.3 is 14.8 Å². The zero-order valence-electron chi connectivity index (χ0n) is 19.9. The van der Waals surface area contributed by atoms with Crippen LogP contribution in [-0.2, 0) is 9.59 Å². The number of thiocarbonyl (C=S) groups is 1. The number of carbonyl (C=O) groups excluding carboxylic acids is 2. The highest BCUT2D eigenvalue weighted by molar-refractivity contribution is 8.26. The predicted octanol–water partition coefficient (Wildman–Crippen LogP) is 6.98. The van der Waals surface area contributed by atoms with Gasteiger partial charge in [0.15, 0.2) is 18.1 Å². The third kappa shape index (κ3) is 6.64. The van der Waals surface area contributed by atoms with Crippen LogP contribution in [-0.4, -0.2) is 34.8 Å². The summed E-state index contributed by atoms with van der Waals surface area (Å²) in [5.74, 6) is 0.258. The number of carbonyl (C=O) groups is 2. The van der Waals surface area contributed by atoms with E-state index in [1.54, 1.807) is 47.4 Å². The Morgan fingerprint density at radius 3 is 2.46 bits per heavy atom. The molecule has 3 aromatic carbocycles.